The van der Waals surface area contributed by atoms with Crippen LogP contribution in [0.5, 0.6) is 0 Å². The van der Waals surface area contributed by atoms with E-state index >= 15 is 0 Å². The molecule has 0 radical (unpaired) electrons. The summed E-state index contributed by atoms with van der Waals surface area (Å²) in [5, 5.41) is 3.02. The number of benzene rings is 2. The third kappa shape index (κ3) is 4.77. The van der Waals surface area contributed by atoms with Gasteiger partial charge < -0.3 is 10.2 Å². The molecule has 0 atom stereocenters. The minimum Gasteiger partial charge on any atom is -0.334 e. The van der Waals surface area contributed by atoms with Crippen molar-refractivity contribution < 1.29 is 9.18 Å². The van der Waals surface area contributed by atoms with Gasteiger partial charge in [-0.15, -0.1) is 11.3 Å². The molecule has 1 aliphatic heterocycles. The van der Waals surface area contributed by atoms with Crippen molar-refractivity contribution in [2.45, 2.75) is 20.0 Å². The van der Waals surface area contributed by atoms with Crippen molar-refractivity contribution in [3.8, 4) is 11.3 Å². The van der Waals surface area contributed by atoms with Crippen LogP contribution in [0.4, 0.5) is 9.18 Å². The molecule has 6 nitrogen and oxygen atoms in total. The van der Waals surface area contributed by atoms with Gasteiger partial charge in [-0.25, -0.2) is 14.2 Å². The van der Waals surface area contributed by atoms with E-state index in [1.807, 2.05) is 35.2 Å². The smallest absolute Gasteiger partial charge is 0.317 e. The second-order valence-electron chi connectivity index (χ2n) is 8.32. The highest BCUT2D eigenvalue weighted by atomic mass is 32.1. The number of carbonyl (C=O) groups is 1. The molecular weight excluding hydrogens is 437 g/mol. The van der Waals surface area contributed by atoms with E-state index in [0.717, 1.165) is 47.1 Å². The van der Waals surface area contributed by atoms with E-state index in [4.69, 9.17) is 4.98 Å². The zero-order chi connectivity index (χ0) is 22.8. The SMILES string of the molecule is Cc1cn2c(CN3CCN(C(=O)NCc4ccccc4)CC3)c(-c3ccc(F)cc3)nc2s1. The first-order chi connectivity index (χ1) is 16.1. The fourth-order valence-corrected chi connectivity index (χ4v) is 5.04. The number of amides is 2. The first kappa shape index (κ1) is 21.6. The molecule has 2 aromatic carbocycles. The molecule has 5 rings (SSSR count). The van der Waals surface area contributed by atoms with E-state index in [-0.39, 0.29) is 11.8 Å². The number of piperazine rings is 1. The van der Waals surface area contributed by atoms with Crippen molar-refractivity contribution >= 4 is 22.3 Å². The second-order valence-corrected chi connectivity index (χ2v) is 9.53. The molecule has 2 aromatic heterocycles. The Labute approximate surface area is 196 Å². The number of hydrogen-bond acceptors (Lipinski definition) is 4. The number of fused-ring (bicyclic) bond motifs is 1. The molecule has 2 amide bonds. The van der Waals surface area contributed by atoms with E-state index < -0.39 is 0 Å². The summed E-state index contributed by atoms with van der Waals surface area (Å²) in [5.41, 5.74) is 4.00. The number of thiazole rings is 1. The van der Waals surface area contributed by atoms with Crippen molar-refractivity contribution in [2.75, 3.05) is 26.2 Å². The summed E-state index contributed by atoms with van der Waals surface area (Å²) in [5.74, 6) is -0.251. The van der Waals surface area contributed by atoms with Gasteiger partial charge in [-0.3, -0.25) is 9.30 Å². The zero-order valence-corrected chi connectivity index (χ0v) is 19.3. The van der Waals surface area contributed by atoms with Crippen LogP contribution in [0.3, 0.4) is 0 Å². The van der Waals surface area contributed by atoms with Crippen LogP contribution in [0.2, 0.25) is 0 Å². The first-order valence-corrected chi connectivity index (χ1v) is 11.9. The predicted molar refractivity (Wildman–Crippen MR) is 129 cm³/mol. The highest BCUT2D eigenvalue weighted by Crippen LogP contribution is 2.29. The van der Waals surface area contributed by atoms with Crippen LogP contribution in [0.1, 0.15) is 16.1 Å². The minimum atomic E-state index is -0.251. The van der Waals surface area contributed by atoms with Gasteiger partial charge in [0.2, 0.25) is 0 Å². The third-order valence-electron chi connectivity index (χ3n) is 5.98. The molecular formula is C25H26FN5OS. The van der Waals surface area contributed by atoms with Crippen molar-refractivity contribution in [3.63, 3.8) is 0 Å². The Morgan fingerprint density at radius 2 is 1.79 bits per heavy atom. The highest BCUT2D eigenvalue weighted by Gasteiger charge is 2.24. The number of nitrogens with one attached hydrogen (secondary N) is 1. The van der Waals surface area contributed by atoms with Gasteiger partial charge >= 0.3 is 6.03 Å². The number of aromatic nitrogens is 2. The first-order valence-electron chi connectivity index (χ1n) is 11.1. The maximum atomic E-state index is 13.5. The van der Waals surface area contributed by atoms with Crippen LogP contribution >= 0.6 is 11.3 Å². The molecule has 0 aliphatic carbocycles. The van der Waals surface area contributed by atoms with Crippen molar-refractivity contribution in [1.29, 1.82) is 0 Å². The van der Waals surface area contributed by atoms with Gasteiger partial charge in [0, 0.05) is 55.9 Å². The third-order valence-corrected chi connectivity index (χ3v) is 6.88. The number of urea groups is 1. The Morgan fingerprint density at radius 3 is 2.52 bits per heavy atom. The lowest BCUT2D eigenvalue weighted by molar-refractivity contribution is 0.134. The number of carbonyl (C=O) groups excluding carboxylic acids is 1. The van der Waals surface area contributed by atoms with Gasteiger partial charge in [-0.1, -0.05) is 30.3 Å². The zero-order valence-electron chi connectivity index (χ0n) is 18.5. The number of aryl methyl sites for hydroxylation is 1. The fraction of sp³-hybridized carbons (Fsp3) is 0.280. The molecule has 1 aliphatic rings. The van der Waals surface area contributed by atoms with Gasteiger partial charge in [0.05, 0.1) is 11.4 Å². The quantitative estimate of drug-likeness (QED) is 0.473. The van der Waals surface area contributed by atoms with E-state index in [1.165, 1.54) is 17.0 Å². The number of nitrogens with zero attached hydrogens (tertiary/aromatic N) is 4. The van der Waals surface area contributed by atoms with E-state index in [2.05, 4.69) is 27.7 Å². The molecule has 4 aromatic rings. The maximum absolute atomic E-state index is 13.5. The van der Waals surface area contributed by atoms with Crippen LogP contribution in [-0.4, -0.2) is 51.4 Å². The maximum Gasteiger partial charge on any atom is 0.317 e. The molecule has 0 spiro atoms. The summed E-state index contributed by atoms with van der Waals surface area (Å²) in [6.07, 6.45) is 2.11. The van der Waals surface area contributed by atoms with Crippen molar-refractivity contribution in [1.82, 2.24) is 24.5 Å². The summed E-state index contributed by atoms with van der Waals surface area (Å²) in [6.45, 7) is 6.27. The monoisotopic (exact) mass is 463 g/mol. The van der Waals surface area contributed by atoms with Crippen LogP contribution < -0.4 is 5.32 Å². The highest BCUT2D eigenvalue weighted by molar-refractivity contribution is 7.17. The number of hydrogen-bond donors (Lipinski definition) is 1. The molecule has 1 saturated heterocycles. The van der Waals surface area contributed by atoms with Crippen LogP contribution in [0.25, 0.3) is 16.2 Å². The number of imidazole rings is 1. The Balaban J connectivity index is 1.26. The van der Waals surface area contributed by atoms with Crippen LogP contribution in [-0.2, 0) is 13.1 Å². The second kappa shape index (κ2) is 9.33. The molecule has 3 heterocycles. The van der Waals surface area contributed by atoms with Gasteiger partial charge in [-0.2, -0.15) is 0 Å². The standard InChI is InChI=1S/C25H26FN5OS/c1-18-16-31-22(23(28-25(31)33-18)20-7-9-21(26)10-8-20)17-29-11-13-30(14-12-29)24(32)27-15-19-5-3-2-4-6-19/h2-10,16H,11-15,17H2,1H3,(H,27,32). The summed E-state index contributed by atoms with van der Waals surface area (Å²) in [7, 11) is 0. The lowest BCUT2D eigenvalue weighted by Gasteiger charge is -2.34. The Bertz CT molecular complexity index is 1240. The van der Waals surface area contributed by atoms with Gasteiger partial charge in [0.25, 0.3) is 0 Å². The van der Waals surface area contributed by atoms with Crippen molar-refractivity contribution in [3.05, 3.63) is 82.7 Å². The molecule has 1 fully saturated rings. The molecule has 0 bridgehead atoms. The predicted octanol–water partition coefficient (Wildman–Crippen LogP) is 4.54. The summed E-state index contributed by atoms with van der Waals surface area (Å²) in [6, 6.07) is 16.4. The molecule has 0 unspecified atom stereocenters. The van der Waals surface area contributed by atoms with Gasteiger partial charge in [0.1, 0.15) is 5.82 Å². The summed E-state index contributed by atoms with van der Waals surface area (Å²) >= 11 is 1.65. The minimum absolute atomic E-state index is 0.0225. The van der Waals surface area contributed by atoms with Crippen molar-refractivity contribution in [2.24, 2.45) is 0 Å². The van der Waals surface area contributed by atoms with Gasteiger partial charge in [0.15, 0.2) is 4.96 Å². The topological polar surface area (TPSA) is 52.9 Å². The lowest BCUT2D eigenvalue weighted by atomic mass is 10.1. The van der Waals surface area contributed by atoms with Crippen LogP contribution in [0.15, 0.2) is 60.8 Å². The molecule has 0 saturated carbocycles. The Hall–Kier alpha value is -3.23. The van der Waals surface area contributed by atoms with Crippen LogP contribution in [0, 0.1) is 12.7 Å². The Morgan fingerprint density at radius 1 is 1.06 bits per heavy atom. The average molecular weight is 464 g/mol. The Kier molecular flexibility index (Phi) is 6.11. The normalized spacial score (nSPS) is 14.7. The molecule has 8 heteroatoms. The largest absolute Gasteiger partial charge is 0.334 e. The number of rotatable bonds is 5. The van der Waals surface area contributed by atoms with Gasteiger partial charge in [-0.05, 0) is 36.8 Å². The van der Waals surface area contributed by atoms with E-state index in [0.29, 0.717) is 19.6 Å². The number of halogens is 1. The summed E-state index contributed by atoms with van der Waals surface area (Å²) < 4.78 is 15.6. The lowest BCUT2D eigenvalue weighted by Crippen LogP contribution is -2.51. The fourth-order valence-electron chi connectivity index (χ4n) is 4.20. The average Bonchev–Trinajstić information content (AvgIpc) is 3.36. The molecule has 33 heavy (non-hydrogen) atoms. The van der Waals surface area contributed by atoms with E-state index in [1.54, 1.807) is 23.5 Å². The van der Waals surface area contributed by atoms with E-state index in [9.17, 15) is 9.18 Å². The molecule has 170 valence electrons. The molecule has 1 N–H and O–H groups in total. The summed E-state index contributed by atoms with van der Waals surface area (Å²) in [4.78, 5) is 23.8.